The summed E-state index contributed by atoms with van der Waals surface area (Å²) in [5.74, 6) is 0. The van der Waals surface area contributed by atoms with Crippen LogP contribution >= 0.6 is 22.2 Å². The topological polar surface area (TPSA) is 0 Å². The Kier molecular flexibility index (Phi) is 10.1. The van der Waals surface area contributed by atoms with Gasteiger partial charge in [0.2, 0.25) is 0 Å². The molecule has 0 amide bonds. The van der Waals surface area contributed by atoms with Crippen LogP contribution in [0.1, 0.15) is 0 Å². The predicted molar refractivity (Wildman–Crippen MR) is 149 cm³/mol. The van der Waals surface area contributed by atoms with Gasteiger partial charge in [0.1, 0.15) is 0 Å². The van der Waals surface area contributed by atoms with Gasteiger partial charge in [-0.05, 0) is 10.4 Å². The van der Waals surface area contributed by atoms with Gasteiger partial charge in [-0.2, -0.15) is 35.0 Å². The predicted octanol–water partition coefficient (Wildman–Crippen LogP) is 7.84. The summed E-state index contributed by atoms with van der Waals surface area (Å²) in [6.07, 6.45) is 0. The van der Waals surface area contributed by atoms with E-state index in [-0.39, 0.29) is 25.8 Å². The van der Waals surface area contributed by atoms with Crippen LogP contribution in [-0.4, -0.2) is 6.69 Å². The second-order valence-electron chi connectivity index (χ2n) is 7.62. The number of fused-ring (bicyclic) bond motifs is 2. The average molecular weight is 662 g/mol. The van der Waals surface area contributed by atoms with Crippen LogP contribution in [0.4, 0.5) is 0 Å². The van der Waals surface area contributed by atoms with Crippen LogP contribution in [0.15, 0.2) is 146 Å². The van der Waals surface area contributed by atoms with Gasteiger partial charge in [-0.15, -0.1) is 81.5 Å². The summed E-state index contributed by atoms with van der Waals surface area (Å²) in [7, 11) is 0. The van der Waals surface area contributed by atoms with Gasteiger partial charge in [0.05, 0.1) is 0 Å². The molecule has 0 spiro atoms. The maximum Gasteiger partial charge on any atom is 0.310 e. The van der Waals surface area contributed by atoms with E-state index in [1.165, 1.54) is 21.5 Å². The molecular weight excluding hydrogens is 638 g/mol. The van der Waals surface area contributed by atoms with Gasteiger partial charge in [-0.3, -0.25) is 0 Å². The smallest absolute Gasteiger partial charge is 0.168 e. The normalized spacial score (nSPS) is 10.4. The molecule has 0 atom stereocenters. The fourth-order valence-electron chi connectivity index (χ4n) is 3.60. The van der Waals surface area contributed by atoms with Crippen LogP contribution in [0.3, 0.4) is 0 Å². The van der Waals surface area contributed by atoms with E-state index in [0.717, 1.165) is 10.4 Å². The van der Waals surface area contributed by atoms with Crippen molar-refractivity contribution in [2.45, 2.75) is 0 Å². The van der Waals surface area contributed by atoms with Crippen LogP contribution in [-0.2, 0) is 25.8 Å². The van der Waals surface area contributed by atoms with Gasteiger partial charge in [0.15, 0.2) is 0 Å². The summed E-state index contributed by atoms with van der Waals surface area (Å²) < 4.78 is 0. The Morgan fingerprint density at radius 1 is 0.441 bits per heavy atom. The summed E-state index contributed by atoms with van der Waals surface area (Å²) in [5.41, 5.74) is 0. The van der Waals surface area contributed by atoms with E-state index in [2.05, 4.69) is 84.9 Å². The first-order chi connectivity index (χ1) is 16.1. The Hall–Kier alpha value is -2.23. The molecule has 0 saturated heterocycles. The third-order valence-electron chi connectivity index (χ3n) is 5.37. The number of hydrogen-bond acceptors (Lipinski definition) is 0. The molecule has 0 unspecified atom stereocenters. The number of benzene rings is 4. The van der Waals surface area contributed by atoms with Crippen molar-refractivity contribution in [2.24, 2.45) is 0 Å². The second-order valence-corrected chi connectivity index (χ2v) is 13.9. The molecule has 0 saturated carbocycles. The first-order valence-electron chi connectivity index (χ1n) is 10.8. The van der Waals surface area contributed by atoms with Crippen molar-refractivity contribution >= 4 is 60.8 Å². The fourth-order valence-corrected chi connectivity index (χ4v) is 6.67. The van der Waals surface area contributed by atoms with E-state index in [1.807, 2.05) is 60.7 Å². The van der Waals surface area contributed by atoms with Crippen LogP contribution < -0.4 is 10.4 Å². The summed E-state index contributed by atoms with van der Waals surface area (Å²) >= 11 is 13.0. The Bertz CT molecular complexity index is 1220. The molecule has 0 heterocycles. The van der Waals surface area contributed by atoms with E-state index >= 15 is 0 Å². The molecule has 6 aromatic rings. The number of rotatable bonds is 2. The molecule has 0 aliphatic carbocycles. The summed E-state index contributed by atoms with van der Waals surface area (Å²) in [6, 6.07) is 49.1. The van der Waals surface area contributed by atoms with Crippen LogP contribution in [0, 0.1) is 0 Å². The van der Waals surface area contributed by atoms with Gasteiger partial charge in [-0.1, -0.05) is 72.8 Å². The minimum Gasteiger partial charge on any atom is -0.168 e. The largest absolute Gasteiger partial charge is 0.310 e. The Morgan fingerprint density at radius 3 is 1.18 bits per heavy atom. The SMILES string of the molecule is Cl[Si](Cl)(c1ccccc1)c1ccccc1.[Hf].c1ccc2[cH-]ccc2c1.c1ccc2[cH-]ccc2c1. The zero-order valence-corrected chi connectivity index (χ0v) is 24.7. The molecule has 6 aromatic carbocycles. The molecule has 0 fully saturated rings. The summed E-state index contributed by atoms with van der Waals surface area (Å²) in [5, 5.41) is 7.38. The zero-order valence-electron chi connectivity index (χ0n) is 18.6. The van der Waals surface area contributed by atoms with E-state index in [4.69, 9.17) is 22.2 Å². The molecule has 0 aromatic heterocycles. The van der Waals surface area contributed by atoms with Crippen molar-refractivity contribution in [2.75, 3.05) is 0 Å². The molecular formula is C30H24Cl2HfSi-2. The average Bonchev–Trinajstić information content (AvgIpc) is 3.55. The van der Waals surface area contributed by atoms with Crippen LogP contribution in [0.5, 0.6) is 0 Å². The number of hydrogen-bond donors (Lipinski definition) is 0. The molecule has 0 aliphatic rings. The Morgan fingerprint density at radius 2 is 0.794 bits per heavy atom. The van der Waals surface area contributed by atoms with Crippen molar-refractivity contribution in [3.63, 3.8) is 0 Å². The van der Waals surface area contributed by atoms with E-state index in [9.17, 15) is 0 Å². The molecule has 0 bridgehead atoms. The van der Waals surface area contributed by atoms with Gasteiger partial charge >= 0.3 is 6.69 Å². The van der Waals surface area contributed by atoms with Crippen LogP contribution in [0.25, 0.3) is 21.5 Å². The van der Waals surface area contributed by atoms with E-state index < -0.39 is 6.69 Å². The molecule has 0 nitrogen and oxygen atoms in total. The fraction of sp³-hybridized carbons (Fsp3) is 0. The minimum absolute atomic E-state index is 0. The molecule has 0 N–H and O–H groups in total. The molecule has 6 rings (SSSR count). The van der Waals surface area contributed by atoms with Gasteiger partial charge < -0.3 is 0 Å². The first kappa shape index (κ1) is 26.4. The third kappa shape index (κ3) is 6.90. The quantitative estimate of drug-likeness (QED) is 0.101. The second kappa shape index (κ2) is 13.0. The first-order valence-corrected chi connectivity index (χ1v) is 14.9. The number of halogens is 2. The van der Waals surface area contributed by atoms with Crippen molar-refractivity contribution in [1.29, 1.82) is 0 Å². The van der Waals surface area contributed by atoms with Crippen molar-refractivity contribution in [3.8, 4) is 0 Å². The van der Waals surface area contributed by atoms with Gasteiger partial charge in [0.25, 0.3) is 0 Å². The molecule has 0 aliphatic heterocycles. The van der Waals surface area contributed by atoms with Crippen molar-refractivity contribution < 1.29 is 25.8 Å². The monoisotopic (exact) mass is 662 g/mol. The minimum atomic E-state index is -2.51. The Balaban J connectivity index is 0.000000148. The third-order valence-corrected chi connectivity index (χ3v) is 10.1. The maximum absolute atomic E-state index is 6.49. The van der Waals surface area contributed by atoms with Crippen molar-refractivity contribution in [3.05, 3.63) is 146 Å². The molecule has 168 valence electrons. The standard InChI is InChI=1S/C12H10Cl2Si.2C9H7.Hf/c13-15(14,11-7-3-1-4-8-11)12-9-5-2-6-10-12;2*1-2-5-9-7-3-6-8(9)4-1;/h1-10H;2*1-7H;/q;2*-1;. The maximum atomic E-state index is 6.49. The van der Waals surface area contributed by atoms with Crippen LogP contribution in [0.2, 0.25) is 0 Å². The molecule has 34 heavy (non-hydrogen) atoms. The summed E-state index contributed by atoms with van der Waals surface area (Å²) in [4.78, 5) is 0. The summed E-state index contributed by atoms with van der Waals surface area (Å²) in [6.45, 7) is -2.51. The molecule has 0 radical (unpaired) electrons. The van der Waals surface area contributed by atoms with Gasteiger partial charge in [0, 0.05) is 25.8 Å². The van der Waals surface area contributed by atoms with Gasteiger partial charge in [-0.25, -0.2) is 0 Å². The molecule has 4 heteroatoms. The zero-order chi connectivity index (χ0) is 22.9. The van der Waals surface area contributed by atoms with Crippen molar-refractivity contribution in [1.82, 2.24) is 0 Å². The Labute approximate surface area is 230 Å². The van der Waals surface area contributed by atoms with E-state index in [0.29, 0.717) is 0 Å². The van der Waals surface area contributed by atoms with E-state index in [1.54, 1.807) is 0 Å².